The van der Waals surface area contributed by atoms with E-state index in [9.17, 15) is 4.79 Å². The highest BCUT2D eigenvalue weighted by atomic mass is 35.5. The first-order valence-electron chi connectivity index (χ1n) is 8.86. The van der Waals surface area contributed by atoms with Crippen LogP contribution in [0.3, 0.4) is 0 Å². The van der Waals surface area contributed by atoms with Crippen molar-refractivity contribution >= 4 is 44.6 Å². The standard InChI is InChI=1S/C21H18ClN3O2S/c1-2-14-7-9-16(10-8-14)27-13-25-12-15(11-23-25)24-21(26)20-19(22)17-5-3-4-6-18(17)28-20/h3-12H,2,13H2,1H3,(H,24,26). The van der Waals surface area contributed by atoms with E-state index in [0.29, 0.717) is 15.6 Å². The second kappa shape index (κ2) is 8.04. The fourth-order valence-electron chi connectivity index (χ4n) is 2.81. The lowest BCUT2D eigenvalue weighted by atomic mass is 10.2. The van der Waals surface area contributed by atoms with Gasteiger partial charge in [-0.15, -0.1) is 11.3 Å². The van der Waals surface area contributed by atoms with Gasteiger partial charge in [0.2, 0.25) is 0 Å². The predicted molar refractivity (Wildman–Crippen MR) is 113 cm³/mol. The third-order valence-corrected chi connectivity index (χ3v) is 6.00. The molecule has 2 heterocycles. The number of carbonyl (C=O) groups excluding carboxylic acids is 1. The van der Waals surface area contributed by atoms with E-state index in [1.165, 1.54) is 16.9 Å². The van der Waals surface area contributed by atoms with Crippen LogP contribution in [0.4, 0.5) is 5.69 Å². The maximum atomic E-state index is 12.6. The first-order valence-corrected chi connectivity index (χ1v) is 10.1. The highest BCUT2D eigenvalue weighted by Crippen LogP contribution is 2.35. The number of hydrogen-bond donors (Lipinski definition) is 1. The molecule has 0 aliphatic heterocycles. The van der Waals surface area contributed by atoms with Crippen molar-refractivity contribution in [2.45, 2.75) is 20.1 Å². The lowest BCUT2D eigenvalue weighted by molar-refractivity contribution is 0.103. The van der Waals surface area contributed by atoms with Gasteiger partial charge in [-0.3, -0.25) is 4.79 Å². The highest BCUT2D eigenvalue weighted by molar-refractivity contribution is 7.21. The van der Waals surface area contributed by atoms with E-state index >= 15 is 0 Å². The Labute approximate surface area is 171 Å². The molecule has 4 rings (SSSR count). The molecule has 0 radical (unpaired) electrons. The van der Waals surface area contributed by atoms with Crippen LogP contribution in [0.2, 0.25) is 5.02 Å². The van der Waals surface area contributed by atoms with Crippen molar-refractivity contribution in [3.63, 3.8) is 0 Å². The van der Waals surface area contributed by atoms with Crippen LogP contribution in [-0.2, 0) is 13.2 Å². The number of aryl methyl sites for hydroxylation is 1. The van der Waals surface area contributed by atoms with E-state index in [4.69, 9.17) is 16.3 Å². The minimum absolute atomic E-state index is 0.248. The van der Waals surface area contributed by atoms with E-state index in [1.807, 2.05) is 48.5 Å². The molecule has 0 atom stereocenters. The molecule has 0 fully saturated rings. The normalized spacial score (nSPS) is 10.9. The summed E-state index contributed by atoms with van der Waals surface area (Å²) < 4.78 is 8.33. The molecular weight excluding hydrogens is 394 g/mol. The van der Waals surface area contributed by atoms with Crippen LogP contribution in [0.5, 0.6) is 5.75 Å². The third-order valence-electron chi connectivity index (χ3n) is 4.33. The number of hydrogen-bond acceptors (Lipinski definition) is 4. The van der Waals surface area contributed by atoms with Crippen molar-refractivity contribution in [1.29, 1.82) is 0 Å². The zero-order valence-electron chi connectivity index (χ0n) is 15.2. The van der Waals surface area contributed by atoms with E-state index < -0.39 is 0 Å². The smallest absolute Gasteiger partial charge is 0.267 e. The molecule has 28 heavy (non-hydrogen) atoms. The molecule has 2 aromatic carbocycles. The van der Waals surface area contributed by atoms with Crippen LogP contribution in [0, 0.1) is 0 Å². The molecule has 0 aliphatic rings. The summed E-state index contributed by atoms with van der Waals surface area (Å²) >= 11 is 7.74. The molecule has 0 aliphatic carbocycles. The number of ether oxygens (including phenoxy) is 1. The molecule has 0 saturated carbocycles. The fourth-order valence-corrected chi connectivity index (χ4v) is 4.22. The molecule has 0 saturated heterocycles. The monoisotopic (exact) mass is 411 g/mol. The second-order valence-electron chi connectivity index (χ2n) is 6.23. The molecular formula is C21H18ClN3O2S. The van der Waals surface area contributed by atoms with Gasteiger partial charge in [0, 0.05) is 10.1 Å². The molecule has 0 spiro atoms. The highest BCUT2D eigenvalue weighted by Gasteiger charge is 2.17. The van der Waals surface area contributed by atoms with Crippen molar-refractivity contribution < 1.29 is 9.53 Å². The Kier molecular flexibility index (Phi) is 5.32. The van der Waals surface area contributed by atoms with Crippen molar-refractivity contribution in [1.82, 2.24) is 9.78 Å². The summed E-state index contributed by atoms with van der Waals surface area (Å²) in [6.45, 7) is 2.37. The SMILES string of the molecule is CCc1ccc(OCn2cc(NC(=O)c3sc4ccccc4c3Cl)cn2)cc1. The maximum absolute atomic E-state index is 12.6. The number of benzene rings is 2. The Morgan fingerprint density at radius 3 is 2.75 bits per heavy atom. The van der Waals surface area contributed by atoms with Gasteiger partial charge in [-0.05, 0) is 30.2 Å². The molecule has 142 valence electrons. The van der Waals surface area contributed by atoms with Gasteiger partial charge >= 0.3 is 0 Å². The third kappa shape index (κ3) is 3.88. The van der Waals surface area contributed by atoms with Crippen LogP contribution < -0.4 is 10.1 Å². The molecule has 0 unspecified atom stereocenters. The van der Waals surface area contributed by atoms with Crippen molar-refractivity contribution in [2.75, 3.05) is 5.32 Å². The van der Waals surface area contributed by atoms with Crippen LogP contribution in [0.15, 0.2) is 60.9 Å². The maximum Gasteiger partial charge on any atom is 0.267 e. The average Bonchev–Trinajstić information content (AvgIpc) is 3.31. The van der Waals surface area contributed by atoms with Crippen molar-refractivity contribution in [2.24, 2.45) is 0 Å². The Balaban J connectivity index is 1.41. The van der Waals surface area contributed by atoms with E-state index in [-0.39, 0.29) is 12.6 Å². The molecule has 5 nitrogen and oxygen atoms in total. The number of rotatable bonds is 6. The topological polar surface area (TPSA) is 56.1 Å². The summed E-state index contributed by atoms with van der Waals surface area (Å²) in [5, 5.41) is 8.43. The number of halogens is 1. The Morgan fingerprint density at radius 2 is 2.00 bits per heavy atom. The lowest BCUT2D eigenvalue weighted by Crippen LogP contribution is -2.10. The number of aromatic nitrogens is 2. The number of nitrogens with one attached hydrogen (secondary N) is 1. The first-order chi connectivity index (χ1) is 13.6. The Hall–Kier alpha value is -2.83. The predicted octanol–water partition coefficient (Wildman–Crippen LogP) is 5.60. The van der Waals surface area contributed by atoms with Crippen molar-refractivity contribution in [3.8, 4) is 5.75 Å². The van der Waals surface area contributed by atoms with Gasteiger partial charge in [0.1, 0.15) is 10.6 Å². The molecule has 7 heteroatoms. The van der Waals surface area contributed by atoms with E-state index in [2.05, 4.69) is 17.3 Å². The second-order valence-corrected chi connectivity index (χ2v) is 7.67. The summed E-state index contributed by atoms with van der Waals surface area (Å²) in [6, 6.07) is 15.7. The molecule has 4 aromatic rings. The van der Waals surface area contributed by atoms with Gasteiger partial charge < -0.3 is 10.1 Å². The molecule has 2 aromatic heterocycles. The summed E-state index contributed by atoms with van der Waals surface area (Å²) in [5.74, 6) is 0.525. The minimum atomic E-state index is -0.248. The number of thiophene rings is 1. The number of fused-ring (bicyclic) bond motifs is 1. The Bertz CT molecular complexity index is 1120. The summed E-state index contributed by atoms with van der Waals surface area (Å²) in [4.78, 5) is 13.1. The number of anilines is 1. The van der Waals surface area contributed by atoms with Gasteiger partial charge in [0.15, 0.2) is 6.73 Å². The van der Waals surface area contributed by atoms with Gasteiger partial charge in [-0.1, -0.05) is 48.9 Å². The van der Waals surface area contributed by atoms with Crippen LogP contribution in [0.25, 0.3) is 10.1 Å². The average molecular weight is 412 g/mol. The molecule has 1 N–H and O–H groups in total. The number of amides is 1. The molecule has 1 amide bonds. The lowest BCUT2D eigenvalue weighted by Gasteiger charge is -2.06. The van der Waals surface area contributed by atoms with Gasteiger partial charge in [-0.25, -0.2) is 4.68 Å². The van der Waals surface area contributed by atoms with E-state index in [1.54, 1.807) is 17.1 Å². The quantitative estimate of drug-likeness (QED) is 0.449. The molecule has 0 bridgehead atoms. The van der Waals surface area contributed by atoms with Gasteiger partial charge in [0.05, 0.1) is 23.1 Å². The summed E-state index contributed by atoms with van der Waals surface area (Å²) in [5.41, 5.74) is 1.85. The zero-order chi connectivity index (χ0) is 19.5. The van der Waals surface area contributed by atoms with Gasteiger partial charge in [0.25, 0.3) is 5.91 Å². The van der Waals surface area contributed by atoms with Gasteiger partial charge in [-0.2, -0.15) is 5.10 Å². The first kappa shape index (κ1) is 18.5. The van der Waals surface area contributed by atoms with Crippen LogP contribution in [-0.4, -0.2) is 15.7 Å². The number of carbonyl (C=O) groups is 1. The summed E-state index contributed by atoms with van der Waals surface area (Å²) in [7, 11) is 0. The van der Waals surface area contributed by atoms with Crippen molar-refractivity contribution in [3.05, 3.63) is 76.4 Å². The fraction of sp³-hybridized carbons (Fsp3) is 0.143. The minimum Gasteiger partial charge on any atom is -0.471 e. The number of nitrogens with zero attached hydrogens (tertiary/aromatic N) is 2. The van der Waals surface area contributed by atoms with Crippen LogP contribution >= 0.6 is 22.9 Å². The van der Waals surface area contributed by atoms with Crippen LogP contribution in [0.1, 0.15) is 22.2 Å². The zero-order valence-corrected chi connectivity index (χ0v) is 16.8. The largest absolute Gasteiger partial charge is 0.471 e. The summed E-state index contributed by atoms with van der Waals surface area (Å²) in [6.07, 6.45) is 4.30. The Morgan fingerprint density at radius 1 is 1.21 bits per heavy atom. The van der Waals surface area contributed by atoms with E-state index in [0.717, 1.165) is 22.3 Å².